The van der Waals surface area contributed by atoms with Crippen molar-refractivity contribution in [3.05, 3.63) is 23.8 Å². The van der Waals surface area contributed by atoms with Crippen LogP contribution in [0, 0.1) is 11.3 Å². The fourth-order valence-electron chi connectivity index (χ4n) is 3.91. The van der Waals surface area contributed by atoms with Crippen LogP contribution < -0.4 is 5.32 Å². The fourth-order valence-corrected chi connectivity index (χ4v) is 3.91. The molecule has 1 aliphatic heterocycles. The van der Waals surface area contributed by atoms with Crippen LogP contribution >= 0.6 is 0 Å². The van der Waals surface area contributed by atoms with Crippen molar-refractivity contribution in [3.8, 4) is 0 Å². The Labute approximate surface area is 121 Å². The van der Waals surface area contributed by atoms with Crippen molar-refractivity contribution in [3.63, 3.8) is 0 Å². The van der Waals surface area contributed by atoms with E-state index in [0.29, 0.717) is 23.6 Å². The Hall–Kier alpha value is -1.17. The van der Waals surface area contributed by atoms with E-state index in [9.17, 15) is 13.2 Å². The van der Waals surface area contributed by atoms with Gasteiger partial charge in [0.25, 0.3) is 0 Å². The van der Waals surface area contributed by atoms with Crippen molar-refractivity contribution in [2.24, 2.45) is 11.3 Å². The highest BCUT2D eigenvalue weighted by Crippen LogP contribution is 2.58. The Bertz CT molecular complexity index is 554. The maximum absolute atomic E-state index is 13.1. The molecule has 0 amide bonds. The zero-order valence-electron chi connectivity index (χ0n) is 11.7. The van der Waals surface area contributed by atoms with E-state index >= 15 is 0 Å². The minimum Gasteiger partial charge on any atom is -0.316 e. The largest absolute Gasteiger partial charge is 0.399 e. The van der Waals surface area contributed by atoms with Gasteiger partial charge in [0.15, 0.2) is 0 Å². The van der Waals surface area contributed by atoms with E-state index in [1.807, 2.05) is 0 Å². The minimum atomic E-state index is -4.20. The number of halogens is 3. The van der Waals surface area contributed by atoms with E-state index in [1.165, 1.54) is 12.3 Å². The standard InChI is InChI=1S/C15H18F3N3/c16-15(17,18)14(2-3-14)11-1-4-20-12(21-11)5-10-6-13(7-10)8-19-9-13/h1,4,10,19H,2-3,5-9H2. The summed E-state index contributed by atoms with van der Waals surface area (Å²) in [6.07, 6.45) is 0.620. The van der Waals surface area contributed by atoms with Crippen LogP contribution in [0.15, 0.2) is 12.3 Å². The molecule has 2 saturated carbocycles. The Balaban J connectivity index is 1.47. The van der Waals surface area contributed by atoms with E-state index in [1.54, 1.807) is 0 Å². The molecule has 3 nitrogen and oxygen atoms in total. The molecule has 0 unspecified atom stereocenters. The maximum Gasteiger partial charge on any atom is 0.399 e. The molecule has 0 aromatic carbocycles. The van der Waals surface area contributed by atoms with Gasteiger partial charge in [-0.1, -0.05) is 0 Å². The van der Waals surface area contributed by atoms with Crippen LogP contribution in [0.5, 0.6) is 0 Å². The fraction of sp³-hybridized carbons (Fsp3) is 0.733. The van der Waals surface area contributed by atoms with E-state index in [2.05, 4.69) is 15.3 Å². The van der Waals surface area contributed by atoms with Crippen LogP contribution in [0.2, 0.25) is 0 Å². The molecule has 3 aliphatic rings. The Kier molecular flexibility index (Phi) is 2.69. The van der Waals surface area contributed by atoms with E-state index in [-0.39, 0.29) is 18.5 Å². The summed E-state index contributed by atoms with van der Waals surface area (Å²) >= 11 is 0. The van der Waals surface area contributed by atoms with Gasteiger partial charge in [-0.3, -0.25) is 0 Å². The first-order chi connectivity index (χ1) is 9.93. The summed E-state index contributed by atoms with van der Waals surface area (Å²) in [5.41, 5.74) is -1.05. The lowest BCUT2D eigenvalue weighted by atomic mass is 9.58. The van der Waals surface area contributed by atoms with Gasteiger partial charge < -0.3 is 5.32 Å². The molecule has 0 radical (unpaired) electrons. The summed E-state index contributed by atoms with van der Waals surface area (Å²) in [4.78, 5) is 8.42. The summed E-state index contributed by atoms with van der Waals surface area (Å²) in [5, 5.41) is 3.29. The number of alkyl halides is 3. The second-order valence-corrected chi connectivity index (χ2v) is 7.02. The summed E-state index contributed by atoms with van der Waals surface area (Å²) in [5.74, 6) is 1.11. The molecule has 2 heterocycles. The highest BCUT2D eigenvalue weighted by molar-refractivity contribution is 5.27. The van der Waals surface area contributed by atoms with E-state index in [4.69, 9.17) is 0 Å². The molecule has 0 bridgehead atoms. The summed E-state index contributed by atoms with van der Waals surface area (Å²) in [6.45, 7) is 2.17. The van der Waals surface area contributed by atoms with E-state index < -0.39 is 11.6 Å². The molecule has 1 aromatic rings. The molecule has 1 spiro atoms. The zero-order chi connectivity index (χ0) is 14.7. The molecular weight excluding hydrogens is 279 g/mol. The average molecular weight is 297 g/mol. The lowest BCUT2D eigenvalue weighted by Crippen LogP contribution is -2.60. The normalized spacial score (nSPS) is 26.2. The van der Waals surface area contributed by atoms with Crippen LogP contribution in [-0.2, 0) is 11.8 Å². The molecule has 4 rings (SSSR count). The highest BCUT2D eigenvalue weighted by Gasteiger charge is 2.65. The smallest absolute Gasteiger partial charge is 0.316 e. The van der Waals surface area contributed by atoms with Crippen LogP contribution in [0.25, 0.3) is 0 Å². The SMILES string of the molecule is FC(F)(F)C1(c2ccnc(CC3CC4(CNC4)C3)n2)CC1. The quantitative estimate of drug-likeness (QED) is 0.932. The number of hydrogen-bond donors (Lipinski definition) is 1. The van der Waals surface area contributed by atoms with Crippen molar-refractivity contribution in [1.29, 1.82) is 0 Å². The van der Waals surface area contributed by atoms with Gasteiger partial charge in [0.1, 0.15) is 11.2 Å². The lowest BCUT2D eigenvalue weighted by Gasteiger charge is -2.54. The van der Waals surface area contributed by atoms with Gasteiger partial charge in [0, 0.05) is 25.7 Å². The first-order valence-corrected chi connectivity index (χ1v) is 7.52. The van der Waals surface area contributed by atoms with Crippen molar-refractivity contribution >= 4 is 0 Å². The van der Waals surface area contributed by atoms with Gasteiger partial charge in [-0.25, -0.2) is 9.97 Å². The molecule has 0 atom stereocenters. The first-order valence-electron chi connectivity index (χ1n) is 7.52. The monoisotopic (exact) mass is 297 g/mol. The molecule has 114 valence electrons. The second kappa shape index (κ2) is 4.18. The van der Waals surface area contributed by atoms with Crippen molar-refractivity contribution in [2.45, 2.75) is 43.7 Å². The Morgan fingerprint density at radius 2 is 1.95 bits per heavy atom. The molecule has 21 heavy (non-hydrogen) atoms. The van der Waals surface area contributed by atoms with Gasteiger partial charge in [-0.2, -0.15) is 13.2 Å². The van der Waals surface area contributed by atoms with Gasteiger partial charge in [-0.15, -0.1) is 0 Å². The van der Waals surface area contributed by atoms with Gasteiger partial charge in [0.2, 0.25) is 0 Å². The molecule has 3 fully saturated rings. The highest BCUT2D eigenvalue weighted by atomic mass is 19.4. The first kappa shape index (κ1) is 13.5. The molecule has 6 heteroatoms. The molecule has 1 N–H and O–H groups in total. The third-order valence-corrected chi connectivity index (χ3v) is 5.40. The summed E-state index contributed by atoms with van der Waals surface area (Å²) < 4.78 is 39.4. The maximum atomic E-state index is 13.1. The van der Waals surface area contributed by atoms with Gasteiger partial charge in [0.05, 0.1) is 5.69 Å². The van der Waals surface area contributed by atoms with Crippen LogP contribution in [-0.4, -0.2) is 29.2 Å². The van der Waals surface area contributed by atoms with Crippen LogP contribution in [0.4, 0.5) is 13.2 Å². The number of rotatable bonds is 3. The van der Waals surface area contributed by atoms with Gasteiger partial charge in [-0.05, 0) is 43.1 Å². The van der Waals surface area contributed by atoms with Crippen molar-refractivity contribution in [2.75, 3.05) is 13.1 Å². The number of hydrogen-bond acceptors (Lipinski definition) is 3. The van der Waals surface area contributed by atoms with Crippen LogP contribution in [0.1, 0.15) is 37.2 Å². The molecule has 1 saturated heterocycles. The third-order valence-electron chi connectivity index (χ3n) is 5.40. The van der Waals surface area contributed by atoms with Crippen molar-refractivity contribution < 1.29 is 13.2 Å². The average Bonchev–Trinajstić information content (AvgIpc) is 3.11. The second-order valence-electron chi connectivity index (χ2n) is 7.02. The predicted octanol–water partition coefficient (Wildman–Crippen LogP) is 2.61. The Morgan fingerprint density at radius 1 is 1.24 bits per heavy atom. The Morgan fingerprint density at radius 3 is 2.48 bits per heavy atom. The zero-order valence-corrected chi connectivity index (χ0v) is 11.7. The molecule has 1 aromatic heterocycles. The lowest BCUT2D eigenvalue weighted by molar-refractivity contribution is -0.161. The molecular formula is C15H18F3N3. The van der Waals surface area contributed by atoms with E-state index in [0.717, 1.165) is 25.9 Å². The number of nitrogens with one attached hydrogen (secondary N) is 1. The van der Waals surface area contributed by atoms with Gasteiger partial charge >= 0.3 is 6.18 Å². The van der Waals surface area contributed by atoms with Crippen LogP contribution in [0.3, 0.4) is 0 Å². The number of nitrogens with zero attached hydrogens (tertiary/aromatic N) is 2. The predicted molar refractivity (Wildman–Crippen MR) is 70.7 cm³/mol. The minimum absolute atomic E-state index is 0.158. The topological polar surface area (TPSA) is 37.8 Å². The summed E-state index contributed by atoms with van der Waals surface area (Å²) in [6, 6.07) is 1.43. The van der Waals surface area contributed by atoms with Crippen molar-refractivity contribution in [1.82, 2.24) is 15.3 Å². The molecule has 2 aliphatic carbocycles. The summed E-state index contributed by atoms with van der Waals surface area (Å²) in [7, 11) is 0. The third kappa shape index (κ3) is 2.06. The number of aromatic nitrogens is 2.